The second-order valence-electron chi connectivity index (χ2n) is 4.66. The summed E-state index contributed by atoms with van der Waals surface area (Å²) in [6.07, 6.45) is 7.32. The standard InChI is InChI=1S/C11H21NO/c1-2-4-8-7-10(8)12-9-5-3-6-11(9)13/h8-13H,2-7H2,1H3/t8?,9-,10?,11-/m0/s1. The second kappa shape index (κ2) is 3.97. The Labute approximate surface area is 80.7 Å². The average molecular weight is 183 g/mol. The molecule has 2 aliphatic carbocycles. The van der Waals surface area contributed by atoms with Gasteiger partial charge in [-0.15, -0.1) is 0 Å². The summed E-state index contributed by atoms with van der Waals surface area (Å²) in [5.74, 6) is 0.915. The number of hydrogen-bond acceptors (Lipinski definition) is 2. The molecule has 0 aromatic heterocycles. The Morgan fingerprint density at radius 1 is 1.31 bits per heavy atom. The van der Waals surface area contributed by atoms with Crippen LogP contribution < -0.4 is 5.32 Å². The maximum absolute atomic E-state index is 9.62. The Morgan fingerprint density at radius 3 is 2.77 bits per heavy atom. The molecule has 2 nitrogen and oxygen atoms in total. The van der Waals surface area contributed by atoms with Crippen LogP contribution in [-0.4, -0.2) is 23.3 Å². The summed E-state index contributed by atoms with van der Waals surface area (Å²) in [6, 6.07) is 1.14. The van der Waals surface area contributed by atoms with E-state index in [0.717, 1.165) is 18.4 Å². The summed E-state index contributed by atoms with van der Waals surface area (Å²) in [4.78, 5) is 0. The summed E-state index contributed by atoms with van der Waals surface area (Å²) >= 11 is 0. The highest BCUT2D eigenvalue weighted by atomic mass is 16.3. The van der Waals surface area contributed by atoms with Crippen LogP contribution >= 0.6 is 0 Å². The summed E-state index contributed by atoms with van der Waals surface area (Å²) in [6.45, 7) is 2.25. The normalized spacial score (nSPS) is 43.8. The molecule has 2 N–H and O–H groups in total. The first kappa shape index (κ1) is 9.47. The Bertz CT molecular complexity index is 171. The lowest BCUT2D eigenvalue weighted by Gasteiger charge is -2.16. The first-order chi connectivity index (χ1) is 6.31. The highest BCUT2D eigenvalue weighted by Crippen LogP contribution is 2.36. The second-order valence-corrected chi connectivity index (χ2v) is 4.66. The average Bonchev–Trinajstić information content (AvgIpc) is 2.69. The van der Waals surface area contributed by atoms with Crippen molar-refractivity contribution < 1.29 is 5.11 Å². The van der Waals surface area contributed by atoms with Crippen LogP contribution in [0.5, 0.6) is 0 Å². The maximum Gasteiger partial charge on any atom is 0.0693 e. The van der Waals surface area contributed by atoms with Gasteiger partial charge < -0.3 is 10.4 Å². The smallest absolute Gasteiger partial charge is 0.0693 e. The van der Waals surface area contributed by atoms with Crippen molar-refractivity contribution in [2.75, 3.05) is 0 Å². The van der Waals surface area contributed by atoms with Crippen molar-refractivity contribution in [3.63, 3.8) is 0 Å². The largest absolute Gasteiger partial charge is 0.392 e. The first-order valence-corrected chi connectivity index (χ1v) is 5.75. The number of rotatable bonds is 4. The number of nitrogens with one attached hydrogen (secondary N) is 1. The lowest BCUT2D eigenvalue weighted by molar-refractivity contribution is 0.147. The molecule has 0 aromatic rings. The Hall–Kier alpha value is -0.0800. The molecule has 0 radical (unpaired) electrons. The summed E-state index contributed by atoms with van der Waals surface area (Å²) in [7, 11) is 0. The van der Waals surface area contributed by atoms with Crippen LogP contribution in [-0.2, 0) is 0 Å². The number of aliphatic hydroxyl groups excluding tert-OH is 1. The third-order valence-electron chi connectivity index (χ3n) is 3.49. The zero-order valence-corrected chi connectivity index (χ0v) is 8.50. The Balaban J connectivity index is 1.68. The molecule has 2 fully saturated rings. The molecule has 0 aromatic carbocycles. The molecule has 2 heteroatoms. The summed E-state index contributed by atoms with van der Waals surface area (Å²) in [5.41, 5.74) is 0. The fraction of sp³-hybridized carbons (Fsp3) is 1.00. The van der Waals surface area contributed by atoms with Gasteiger partial charge in [0, 0.05) is 12.1 Å². The van der Waals surface area contributed by atoms with E-state index in [1.165, 1.54) is 32.1 Å². The molecule has 13 heavy (non-hydrogen) atoms. The molecule has 2 rings (SSSR count). The SMILES string of the molecule is CCCC1CC1N[C@H]1CCC[C@@H]1O. The Morgan fingerprint density at radius 2 is 2.15 bits per heavy atom. The number of aliphatic hydroxyl groups is 1. The summed E-state index contributed by atoms with van der Waals surface area (Å²) < 4.78 is 0. The van der Waals surface area contributed by atoms with Gasteiger partial charge in [0.05, 0.1) is 6.10 Å². The van der Waals surface area contributed by atoms with Gasteiger partial charge in [-0.25, -0.2) is 0 Å². The van der Waals surface area contributed by atoms with E-state index < -0.39 is 0 Å². The van der Waals surface area contributed by atoms with Gasteiger partial charge in [0.2, 0.25) is 0 Å². The molecular formula is C11H21NO. The molecule has 2 saturated carbocycles. The quantitative estimate of drug-likeness (QED) is 0.695. The molecular weight excluding hydrogens is 162 g/mol. The molecule has 0 heterocycles. The molecule has 76 valence electrons. The highest BCUT2D eigenvalue weighted by Gasteiger charge is 2.39. The zero-order chi connectivity index (χ0) is 9.26. The van der Waals surface area contributed by atoms with Gasteiger partial charge in [-0.3, -0.25) is 0 Å². The summed E-state index contributed by atoms with van der Waals surface area (Å²) in [5, 5.41) is 13.2. The van der Waals surface area contributed by atoms with Crippen LogP contribution in [0.2, 0.25) is 0 Å². The fourth-order valence-corrected chi connectivity index (χ4v) is 2.55. The van der Waals surface area contributed by atoms with Gasteiger partial charge in [0.15, 0.2) is 0 Å². The van der Waals surface area contributed by atoms with E-state index in [2.05, 4.69) is 12.2 Å². The van der Waals surface area contributed by atoms with Gasteiger partial charge in [-0.1, -0.05) is 13.3 Å². The first-order valence-electron chi connectivity index (χ1n) is 5.75. The van der Waals surface area contributed by atoms with Crippen molar-refractivity contribution in [2.45, 2.75) is 63.6 Å². The third-order valence-corrected chi connectivity index (χ3v) is 3.49. The van der Waals surface area contributed by atoms with E-state index in [9.17, 15) is 5.11 Å². The molecule has 2 unspecified atom stereocenters. The van der Waals surface area contributed by atoms with Crippen LogP contribution in [0.15, 0.2) is 0 Å². The van der Waals surface area contributed by atoms with Crippen molar-refractivity contribution in [1.82, 2.24) is 5.32 Å². The van der Waals surface area contributed by atoms with E-state index in [1.807, 2.05) is 0 Å². The van der Waals surface area contributed by atoms with Crippen LogP contribution in [0.3, 0.4) is 0 Å². The lowest BCUT2D eigenvalue weighted by atomic mass is 10.2. The van der Waals surface area contributed by atoms with Crippen LogP contribution in [0.4, 0.5) is 0 Å². The van der Waals surface area contributed by atoms with Crippen molar-refractivity contribution in [3.05, 3.63) is 0 Å². The van der Waals surface area contributed by atoms with E-state index in [1.54, 1.807) is 0 Å². The molecule has 0 saturated heterocycles. The minimum Gasteiger partial charge on any atom is -0.392 e. The molecule has 0 bridgehead atoms. The van der Waals surface area contributed by atoms with Crippen molar-refractivity contribution in [2.24, 2.45) is 5.92 Å². The van der Waals surface area contributed by atoms with Gasteiger partial charge in [-0.2, -0.15) is 0 Å². The lowest BCUT2D eigenvalue weighted by Crippen LogP contribution is -2.37. The van der Waals surface area contributed by atoms with Gasteiger partial charge in [-0.05, 0) is 38.0 Å². The molecule has 2 aliphatic rings. The molecule has 4 atom stereocenters. The molecule has 0 spiro atoms. The topological polar surface area (TPSA) is 32.3 Å². The van der Waals surface area contributed by atoms with E-state index in [4.69, 9.17) is 0 Å². The minimum atomic E-state index is -0.0668. The Kier molecular flexibility index (Phi) is 2.89. The molecule has 0 aliphatic heterocycles. The zero-order valence-electron chi connectivity index (χ0n) is 8.50. The van der Waals surface area contributed by atoms with Crippen molar-refractivity contribution in [3.8, 4) is 0 Å². The van der Waals surface area contributed by atoms with Gasteiger partial charge in [0.1, 0.15) is 0 Å². The number of hydrogen-bond donors (Lipinski definition) is 2. The van der Waals surface area contributed by atoms with E-state index in [0.29, 0.717) is 6.04 Å². The predicted octanol–water partition coefficient (Wildman–Crippen LogP) is 1.68. The van der Waals surface area contributed by atoms with Crippen LogP contribution in [0, 0.1) is 5.92 Å². The highest BCUT2D eigenvalue weighted by molar-refractivity contribution is 4.97. The van der Waals surface area contributed by atoms with E-state index >= 15 is 0 Å². The monoisotopic (exact) mass is 183 g/mol. The van der Waals surface area contributed by atoms with Crippen LogP contribution in [0.1, 0.15) is 45.4 Å². The van der Waals surface area contributed by atoms with Crippen LogP contribution in [0.25, 0.3) is 0 Å². The van der Waals surface area contributed by atoms with Gasteiger partial charge >= 0.3 is 0 Å². The maximum atomic E-state index is 9.62. The molecule has 0 amide bonds. The predicted molar refractivity (Wildman–Crippen MR) is 53.6 cm³/mol. The van der Waals surface area contributed by atoms with Gasteiger partial charge in [0.25, 0.3) is 0 Å². The van der Waals surface area contributed by atoms with Crippen molar-refractivity contribution >= 4 is 0 Å². The van der Waals surface area contributed by atoms with Crippen molar-refractivity contribution in [1.29, 1.82) is 0 Å². The van der Waals surface area contributed by atoms with E-state index in [-0.39, 0.29) is 6.10 Å². The minimum absolute atomic E-state index is 0.0668. The fourth-order valence-electron chi connectivity index (χ4n) is 2.55. The third kappa shape index (κ3) is 2.23.